The van der Waals surface area contributed by atoms with E-state index in [1.165, 1.54) is 18.2 Å². The SMILES string of the molecule is CC(C)CN(C(=O)Nc1ccc(F)c(Cl)c1)C1CCCc2[nH]c(=O)c3ccccc3c21. The van der Waals surface area contributed by atoms with Crippen molar-refractivity contribution in [3.63, 3.8) is 0 Å². The van der Waals surface area contributed by atoms with Crippen molar-refractivity contribution in [1.82, 2.24) is 9.88 Å². The molecule has 0 bridgehead atoms. The van der Waals surface area contributed by atoms with E-state index in [4.69, 9.17) is 11.6 Å². The fourth-order valence-corrected chi connectivity index (χ4v) is 4.55. The number of carbonyl (C=O) groups excluding carboxylic acids is 1. The molecular weight excluding hydrogens is 417 g/mol. The topological polar surface area (TPSA) is 65.2 Å². The summed E-state index contributed by atoms with van der Waals surface area (Å²) in [6, 6.07) is 11.2. The fraction of sp³-hybridized carbons (Fsp3) is 0.333. The Kier molecular flexibility index (Phi) is 6.01. The minimum atomic E-state index is -0.532. The van der Waals surface area contributed by atoms with Crippen molar-refractivity contribution in [1.29, 1.82) is 0 Å². The second-order valence-corrected chi connectivity index (χ2v) is 8.81. The first-order valence-electron chi connectivity index (χ1n) is 10.5. The van der Waals surface area contributed by atoms with Gasteiger partial charge in [0.1, 0.15) is 5.82 Å². The van der Waals surface area contributed by atoms with Crippen LogP contribution in [-0.2, 0) is 6.42 Å². The van der Waals surface area contributed by atoms with Gasteiger partial charge in [-0.15, -0.1) is 0 Å². The van der Waals surface area contributed by atoms with Crippen LogP contribution >= 0.6 is 11.6 Å². The van der Waals surface area contributed by atoms with Crippen molar-refractivity contribution >= 4 is 34.1 Å². The molecule has 1 aliphatic rings. The molecule has 7 heteroatoms. The van der Waals surface area contributed by atoms with E-state index in [-0.39, 0.29) is 28.6 Å². The predicted molar refractivity (Wildman–Crippen MR) is 122 cm³/mol. The molecule has 1 aromatic heterocycles. The highest BCUT2D eigenvalue weighted by Crippen LogP contribution is 2.38. The molecule has 0 spiro atoms. The maximum atomic E-state index is 13.5. The molecule has 0 radical (unpaired) electrons. The molecule has 1 atom stereocenters. The van der Waals surface area contributed by atoms with E-state index in [1.807, 2.05) is 29.2 Å². The minimum Gasteiger partial charge on any atom is -0.325 e. The summed E-state index contributed by atoms with van der Waals surface area (Å²) in [4.78, 5) is 30.8. The summed E-state index contributed by atoms with van der Waals surface area (Å²) >= 11 is 5.88. The number of aryl methyl sites for hydroxylation is 1. The largest absolute Gasteiger partial charge is 0.325 e. The number of anilines is 1. The number of aromatic nitrogens is 1. The molecule has 2 amide bonds. The zero-order valence-corrected chi connectivity index (χ0v) is 18.3. The van der Waals surface area contributed by atoms with Crippen LogP contribution in [0, 0.1) is 11.7 Å². The molecule has 2 aromatic carbocycles. The summed E-state index contributed by atoms with van der Waals surface area (Å²) in [5.41, 5.74) is 2.24. The lowest BCUT2D eigenvalue weighted by Gasteiger charge is -2.37. The first-order valence-corrected chi connectivity index (χ1v) is 10.9. The third kappa shape index (κ3) is 4.30. The van der Waals surface area contributed by atoms with Gasteiger partial charge in [-0.3, -0.25) is 4.79 Å². The Hall–Kier alpha value is -2.86. The van der Waals surface area contributed by atoms with E-state index in [0.29, 0.717) is 17.6 Å². The summed E-state index contributed by atoms with van der Waals surface area (Å²) in [6.45, 7) is 4.66. The molecule has 0 fully saturated rings. The van der Waals surface area contributed by atoms with Gasteiger partial charge in [0.15, 0.2) is 0 Å². The Morgan fingerprint density at radius 1 is 1.26 bits per heavy atom. The first-order chi connectivity index (χ1) is 14.8. The van der Waals surface area contributed by atoms with E-state index in [1.54, 1.807) is 0 Å². The molecule has 5 nitrogen and oxygen atoms in total. The van der Waals surface area contributed by atoms with Gasteiger partial charge in [-0.2, -0.15) is 0 Å². The highest BCUT2D eigenvalue weighted by molar-refractivity contribution is 6.31. The van der Waals surface area contributed by atoms with Gasteiger partial charge in [0.2, 0.25) is 0 Å². The second kappa shape index (κ2) is 8.71. The first kappa shape index (κ1) is 21.4. The second-order valence-electron chi connectivity index (χ2n) is 8.41. The molecule has 0 saturated carbocycles. The van der Waals surface area contributed by atoms with Crippen molar-refractivity contribution < 1.29 is 9.18 Å². The smallest absolute Gasteiger partial charge is 0.322 e. The predicted octanol–water partition coefficient (Wildman–Crippen LogP) is 5.89. The molecule has 1 aliphatic carbocycles. The maximum absolute atomic E-state index is 13.5. The van der Waals surface area contributed by atoms with Gasteiger partial charge in [-0.1, -0.05) is 43.6 Å². The average Bonchev–Trinajstić information content (AvgIpc) is 2.74. The summed E-state index contributed by atoms with van der Waals surface area (Å²) < 4.78 is 13.5. The summed E-state index contributed by atoms with van der Waals surface area (Å²) in [6.07, 6.45) is 2.44. The van der Waals surface area contributed by atoms with Crippen molar-refractivity contribution in [2.24, 2.45) is 5.92 Å². The number of carbonyl (C=O) groups is 1. The number of pyridine rings is 1. The zero-order chi connectivity index (χ0) is 22.1. The van der Waals surface area contributed by atoms with Crippen LogP contribution in [0.4, 0.5) is 14.9 Å². The highest BCUT2D eigenvalue weighted by Gasteiger charge is 2.32. The summed E-state index contributed by atoms with van der Waals surface area (Å²) in [5.74, 6) is -0.294. The number of H-pyrrole nitrogens is 1. The van der Waals surface area contributed by atoms with Crippen molar-refractivity contribution in [3.8, 4) is 0 Å². The number of nitrogens with one attached hydrogen (secondary N) is 2. The number of hydrogen-bond acceptors (Lipinski definition) is 2. The molecule has 4 rings (SSSR count). The Labute approximate surface area is 185 Å². The van der Waals surface area contributed by atoms with Crippen LogP contribution in [0.3, 0.4) is 0 Å². The van der Waals surface area contributed by atoms with Crippen LogP contribution in [0.25, 0.3) is 10.8 Å². The number of fused-ring (bicyclic) bond motifs is 3. The Morgan fingerprint density at radius 3 is 2.71 bits per heavy atom. The minimum absolute atomic E-state index is 0.0419. The molecule has 3 aromatic rings. The number of halogens is 2. The lowest BCUT2D eigenvalue weighted by atomic mass is 9.86. The number of hydrogen-bond donors (Lipinski definition) is 2. The van der Waals surface area contributed by atoms with Crippen LogP contribution in [0.2, 0.25) is 5.02 Å². The van der Waals surface area contributed by atoms with E-state index in [2.05, 4.69) is 24.1 Å². The fourth-order valence-electron chi connectivity index (χ4n) is 4.37. The van der Waals surface area contributed by atoms with E-state index < -0.39 is 5.82 Å². The van der Waals surface area contributed by atoms with Crippen molar-refractivity contribution in [2.45, 2.75) is 39.2 Å². The van der Waals surface area contributed by atoms with Gasteiger partial charge >= 0.3 is 6.03 Å². The number of rotatable bonds is 4. The van der Waals surface area contributed by atoms with E-state index >= 15 is 0 Å². The monoisotopic (exact) mass is 441 g/mol. The van der Waals surface area contributed by atoms with Crippen molar-refractivity contribution in [2.75, 3.05) is 11.9 Å². The van der Waals surface area contributed by atoms with Gasteiger partial charge in [-0.05, 0) is 54.8 Å². The molecule has 31 heavy (non-hydrogen) atoms. The lowest BCUT2D eigenvalue weighted by molar-refractivity contribution is 0.170. The van der Waals surface area contributed by atoms with E-state index in [9.17, 15) is 14.0 Å². The van der Waals surface area contributed by atoms with Crippen LogP contribution in [-0.4, -0.2) is 22.5 Å². The van der Waals surface area contributed by atoms with E-state index in [0.717, 1.165) is 35.9 Å². The quantitative estimate of drug-likeness (QED) is 0.530. The molecule has 2 N–H and O–H groups in total. The number of urea groups is 1. The Balaban J connectivity index is 1.76. The number of amides is 2. The number of aromatic amines is 1. The molecule has 0 saturated heterocycles. The van der Waals surface area contributed by atoms with Gasteiger partial charge in [0, 0.05) is 28.9 Å². The molecule has 1 unspecified atom stereocenters. The Bertz CT molecular complexity index is 1190. The Morgan fingerprint density at radius 2 is 2.00 bits per heavy atom. The van der Waals surface area contributed by atoms with Gasteiger partial charge < -0.3 is 15.2 Å². The van der Waals surface area contributed by atoms with Crippen LogP contribution in [0.1, 0.15) is 44.0 Å². The van der Waals surface area contributed by atoms with Gasteiger partial charge in [-0.25, -0.2) is 9.18 Å². The van der Waals surface area contributed by atoms with Crippen LogP contribution < -0.4 is 10.9 Å². The molecule has 162 valence electrons. The summed E-state index contributed by atoms with van der Waals surface area (Å²) in [5, 5.41) is 4.34. The third-order valence-corrected chi connectivity index (χ3v) is 5.95. The normalized spacial score (nSPS) is 15.7. The highest BCUT2D eigenvalue weighted by atomic mass is 35.5. The molecule has 1 heterocycles. The zero-order valence-electron chi connectivity index (χ0n) is 17.5. The lowest BCUT2D eigenvalue weighted by Crippen LogP contribution is -2.42. The van der Waals surface area contributed by atoms with Gasteiger partial charge in [0.25, 0.3) is 5.56 Å². The molecular formula is C24H25ClFN3O2. The number of benzene rings is 2. The third-order valence-electron chi connectivity index (χ3n) is 5.66. The number of nitrogens with zero attached hydrogens (tertiary/aromatic N) is 1. The maximum Gasteiger partial charge on any atom is 0.322 e. The van der Waals surface area contributed by atoms with Crippen LogP contribution in [0.15, 0.2) is 47.3 Å². The summed E-state index contributed by atoms with van der Waals surface area (Å²) in [7, 11) is 0. The standard InChI is InChI=1S/C24H25ClFN3O2/c1-14(2)13-29(24(31)27-15-10-11-19(26)18(25)12-15)21-9-5-8-20-22(21)16-6-3-4-7-17(16)23(30)28-20/h3-4,6-7,10-12,14,21H,5,8-9,13H2,1-2H3,(H,27,31)(H,28,30). The van der Waals surface area contributed by atoms with Crippen molar-refractivity contribution in [3.05, 3.63) is 74.9 Å². The van der Waals surface area contributed by atoms with Crippen LogP contribution in [0.5, 0.6) is 0 Å². The van der Waals surface area contributed by atoms with Gasteiger partial charge in [0.05, 0.1) is 11.1 Å². The average molecular weight is 442 g/mol. The molecule has 0 aliphatic heterocycles.